The minimum atomic E-state index is -0.420. The van der Waals surface area contributed by atoms with Gasteiger partial charge in [-0.25, -0.2) is 0 Å². The molecule has 0 aliphatic rings. The van der Waals surface area contributed by atoms with Crippen molar-refractivity contribution < 1.29 is 14.4 Å². The summed E-state index contributed by atoms with van der Waals surface area (Å²) in [7, 11) is 0. The molecule has 0 N–H and O–H groups in total. The fourth-order valence-electron chi connectivity index (χ4n) is 1.68. The highest BCUT2D eigenvalue weighted by atomic mass is 16.6. The van der Waals surface area contributed by atoms with Crippen LogP contribution in [0.3, 0.4) is 0 Å². The molecule has 0 aliphatic carbocycles. The summed E-state index contributed by atoms with van der Waals surface area (Å²) in [6.07, 6.45) is 0. The molecular weight excluding hydrogens is 258 g/mol. The van der Waals surface area contributed by atoms with E-state index in [4.69, 9.17) is 9.47 Å². The maximum absolute atomic E-state index is 10.5. The second-order valence-electron chi connectivity index (χ2n) is 4.12. The van der Waals surface area contributed by atoms with Crippen molar-refractivity contribution in [2.75, 3.05) is 6.61 Å². The molecule has 0 amide bonds. The van der Waals surface area contributed by atoms with E-state index in [9.17, 15) is 10.1 Å². The van der Waals surface area contributed by atoms with Crippen molar-refractivity contribution in [3.05, 3.63) is 64.2 Å². The van der Waals surface area contributed by atoms with Gasteiger partial charge >= 0.3 is 0 Å². The van der Waals surface area contributed by atoms with Gasteiger partial charge in [-0.2, -0.15) is 0 Å². The topological polar surface area (TPSA) is 61.6 Å². The molecule has 0 radical (unpaired) electrons. The normalized spacial score (nSPS) is 10.1. The molecule has 0 heterocycles. The lowest BCUT2D eigenvalue weighted by molar-refractivity contribution is -0.384. The Hall–Kier alpha value is -2.56. The monoisotopic (exact) mass is 273 g/mol. The Bertz CT molecular complexity index is 563. The van der Waals surface area contributed by atoms with E-state index in [0.717, 1.165) is 17.1 Å². The van der Waals surface area contributed by atoms with Crippen LogP contribution in [0.25, 0.3) is 0 Å². The number of benzene rings is 2. The summed E-state index contributed by atoms with van der Waals surface area (Å²) >= 11 is 0. The van der Waals surface area contributed by atoms with Crippen molar-refractivity contribution in [1.29, 1.82) is 0 Å². The van der Waals surface area contributed by atoms with Gasteiger partial charge in [-0.05, 0) is 48.9 Å². The lowest BCUT2D eigenvalue weighted by Crippen LogP contribution is -1.96. The Morgan fingerprint density at radius 1 is 0.950 bits per heavy atom. The van der Waals surface area contributed by atoms with Crippen LogP contribution in [0.1, 0.15) is 12.5 Å². The minimum absolute atomic E-state index is 0.0785. The predicted molar refractivity (Wildman–Crippen MR) is 75.0 cm³/mol. The number of hydrogen-bond acceptors (Lipinski definition) is 4. The number of ether oxygens (including phenoxy) is 2. The molecular formula is C15H15NO4. The van der Waals surface area contributed by atoms with Crippen LogP contribution in [-0.4, -0.2) is 11.5 Å². The van der Waals surface area contributed by atoms with Gasteiger partial charge in [-0.1, -0.05) is 0 Å². The van der Waals surface area contributed by atoms with Crippen molar-refractivity contribution in [1.82, 2.24) is 0 Å². The maximum Gasteiger partial charge on any atom is 0.269 e. The molecule has 0 bridgehead atoms. The van der Waals surface area contributed by atoms with Gasteiger partial charge in [0, 0.05) is 12.1 Å². The molecule has 5 nitrogen and oxygen atoms in total. The van der Waals surface area contributed by atoms with Crippen molar-refractivity contribution in [3.63, 3.8) is 0 Å². The van der Waals surface area contributed by atoms with Gasteiger partial charge in [0.05, 0.1) is 11.5 Å². The van der Waals surface area contributed by atoms with Crippen LogP contribution in [0.5, 0.6) is 11.5 Å². The summed E-state index contributed by atoms with van der Waals surface area (Å²) in [5.41, 5.74) is 0.958. The molecule has 20 heavy (non-hydrogen) atoms. The summed E-state index contributed by atoms with van der Waals surface area (Å²) in [6, 6.07) is 13.7. The molecule has 5 heteroatoms. The summed E-state index contributed by atoms with van der Waals surface area (Å²) in [4.78, 5) is 10.1. The van der Waals surface area contributed by atoms with E-state index < -0.39 is 4.92 Å². The van der Waals surface area contributed by atoms with E-state index in [1.54, 1.807) is 12.1 Å². The van der Waals surface area contributed by atoms with E-state index in [-0.39, 0.29) is 5.69 Å². The quantitative estimate of drug-likeness (QED) is 0.596. The van der Waals surface area contributed by atoms with Crippen LogP contribution in [0.2, 0.25) is 0 Å². The van der Waals surface area contributed by atoms with Gasteiger partial charge < -0.3 is 9.47 Å². The van der Waals surface area contributed by atoms with Gasteiger partial charge in [0.25, 0.3) is 5.69 Å². The van der Waals surface area contributed by atoms with E-state index in [2.05, 4.69) is 0 Å². The number of nitro benzene ring substituents is 1. The van der Waals surface area contributed by atoms with E-state index in [1.165, 1.54) is 12.1 Å². The zero-order chi connectivity index (χ0) is 14.4. The molecule has 0 unspecified atom stereocenters. The molecule has 0 saturated carbocycles. The maximum atomic E-state index is 10.5. The fourth-order valence-corrected chi connectivity index (χ4v) is 1.68. The van der Waals surface area contributed by atoms with Crippen molar-refractivity contribution in [3.8, 4) is 11.5 Å². The molecule has 0 aromatic heterocycles. The Kier molecular flexibility index (Phi) is 4.55. The number of nitro groups is 1. The molecule has 0 aliphatic heterocycles. The summed E-state index contributed by atoms with van der Waals surface area (Å²) in [6.45, 7) is 2.92. The van der Waals surface area contributed by atoms with Crippen molar-refractivity contribution in [2.24, 2.45) is 0 Å². The molecule has 104 valence electrons. The Labute approximate surface area is 116 Å². The molecule has 0 spiro atoms. The summed E-state index contributed by atoms with van der Waals surface area (Å²) < 4.78 is 10.9. The smallest absolute Gasteiger partial charge is 0.269 e. The minimum Gasteiger partial charge on any atom is -0.494 e. The van der Waals surface area contributed by atoms with E-state index >= 15 is 0 Å². The lowest BCUT2D eigenvalue weighted by Gasteiger charge is -2.07. The molecule has 2 aromatic rings. The van der Waals surface area contributed by atoms with Gasteiger partial charge in [0.1, 0.15) is 18.1 Å². The average Bonchev–Trinajstić information content (AvgIpc) is 2.47. The molecule has 0 atom stereocenters. The largest absolute Gasteiger partial charge is 0.494 e. The first-order valence-electron chi connectivity index (χ1n) is 6.28. The van der Waals surface area contributed by atoms with Crippen molar-refractivity contribution in [2.45, 2.75) is 13.5 Å². The highest BCUT2D eigenvalue weighted by Crippen LogP contribution is 2.19. The fraction of sp³-hybridized carbons (Fsp3) is 0.200. The Morgan fingerprint density at radius 3 is 2.00 bits per heavy atom. The Morgan fingerprint density at radius 2 is 1.50 bits per heavy atom. The van der Waals surface area contributed by atoms with E-state index in [0.29, 0.717) is 13.2 Å². The first-order chi connectivity index (χ1) is 9.69. The number of nitrogens with zero attached hydrogens (tertiary/aromatic N) is 1. The standard InChI is InChI=1S/C15H15NO4/c1-2-19-14-7-9-15(10-8-14)20-11-12-3-5-13(6-4-12)16(17)18/h3-10H,2,11H2,1H3. The highest BCUT2D eigenvalue weighted by Gasteiger charge is 2.04. The van der Waals surface area contributed by atoms with Gasteiger partial charge in [-0.3, -0.25) is 10.1 Å². The van der Waals surface area contributed by atoms with Gasteiger partial charge in [0.2, 0.25) is 0 Å². The van der Waals surface area contributed by atoms with Crippen LogP contribution in [0.4, 0.5) is 5.69 Å². The van der Waals surface area contributed by atoms with Gasteiger partial charge in [-0.15, -0.1) is 0 Å². The average molecular weight is 273 g/mol. The number of hydrogen-bond donors (Lipinski definition) is 0. The van der Waals surface area contributed by atoms with E-state index in [1.807, 2.05) is 31.2 Å². The van der Waals surface area contributed by atoms with Crippen molar-refractivity contribution >= 4 is 5.69 Å². The molecule has 0 saturated heterocycles. The zero-order valence-corrected chi connectivity index (χ0v) is 11.1. The SMILES string of the molecule is CCOc1ccc(OCc2ccc([N+](=O)[O-])cc2)cc1. The first-order valence-corrected chi connectivity index (χ1v) is 6.28. The highest BCUT2D eigenvalue weighted by molar-refractivity contribution is 5.34. The molecule has 0 fully saturated rings. The second-order valence-corrected chi connectivity index (χ2v) is 4.12. The van der Waals surface area contributed by atoms with Crippen LogP contribution >= 0.6 is 0 Å². The summed E-state index contributed by atoms with van der Waals surface area (Å²) in [5, 5.41) is 10.5. The Balaban J connectivity index is 1.92. The summed E-state index contributed by atoms with van der Waals surface area (Å²) in [5.74, 6) is 1.53. The lowest BCUT2D eigenvalue weighted by atomic mass is 10.2. The van der Waals surface area contributed by atoms with Crippen LogP contribution in [0, 0.1) is 10.1 Å². The third-order valence-corrected chi connectivity index (χ3v) is 2.69. The van der Waals surface area contributed by atoms with Gasteiger partial charge in [0.15, 0.2) is 0 Å². The third-order valence-electron chi connectivity index (χ3n) is 2.69. The van der Waals surface area contributed by atoms with Crippen LogP contribution in [-0.2, 0) is 6.61 Å². The third kappa shape index (κ3) is 3.71. The number of non-ortho nitro benzene ring substituents is 1. The predicted octanol–water partition coefficient (Wildman–Crippen LogP) is 3.57. The molecule has 2 rings (SSSR count). The second kappa shape index (κ2) is 6.56. The first kappa shape index (κ1) is 13.9. The zero-order valence-electron chi connectivity index (χ0n) is 11.1. The molecule has 2 aromatic carbocycles. The van der Waals surface area contributed by atoms with Crippen LogP contribution < -0.4 is 9.47 Å². The number of rotatable bonds is 6. The van der Waals surface area contributed by atoms with Crippen LogP contribution in [0.15, 0.2) is 48.5 Å².